The molecule has 164 valence electrons. The van der Waals surface area contributed by atoms with E-state index in [1.165, 1.54) is 10.6 Å². The van der Waals surface area contributed by atoms with E-state index in [2.05, 4.69) is 25.3 Å². The number of ether oxygens (including phenoxy) is 1. The average Bonchev–Trinajstić information content (AvgIpc) is 3.22. The fourth-order valence-electron chi connectivity index (χ4n) is 4.62. The normalized spacial score (nSPS) is 23.4. The topological polar surface area (TPSA) is 67.6 Å². The average molecular weight is 453 g/mol. The predicted octanol–water partition coefficient (Wildman–Crippen LogP) is 4.05. The molecule has 31 heavy (non-hydrogen) atoms. The van der Waals surface area contributed by atoms with Gasteiger partial charge in [-0.3, -0.25) is 0 Å². The Labute approximate surface area is 181 Å². The molecule has 0 unspecified atom stereocenters. The van der Waals surface area contributed by atoms with Crippen LogP contribution in [0.25, 0.3) is 5.65 Å². The molecule has 0 radical (unpaired) electrons. The summed E-state index contributed by atoms with van der Waals surface area (Å²) in [5.74, 6) is 1.25. The summed E-state index contributed by atoms with van der Waals surface area (Å²) in [6.45, 7) is 0.383. The highest BCUT2D eigenvalue weighted by Gasteiger charge is 2.42. The zero-order valence-electron chi connectivity index (χ0n) is 16.4. The number of rotatable bonds is 5. The maximum Gasteiger partial charge on any atom is 0.422 e. The minimum atomic E-state index is -4.42. The van der Waals surface area contributed by atoms with Crippen molar-refractivity contribution in [2.75, 3.05) is 29.9 Å². The third-order valence-electron chi connectivity index (χ3n) is 5.92. The van der Waals surface area contributed by atoms with Crippen molar-refractivity contribution in [1.29, 1.82) is 0 Å². The molecule has 11 heteroatoms. The Morgan fingerprint density at radius 2 is 1.97 bits per heavy atom. The van der Waals surface area contributed by atoms with Crippen LogP contribution in [0.15, 0.2) is 36.7 Å². The molecule has 1 N–H and O–H groups in total. The van der Waals surface area contributed by atoms with E-state index in [1.807, 2.05) is 12.1 Å². The van der Waals surface area contributed by atoms with Crippen LogP contribution in [0.4, 0.5) is 24.8 Å². The van der Waals surface area contributed by atoms with E-state index < -0.39 is 12.8 Å². The van der Waals surface area contributed by atoms with Gasteiger partial charge in [-0.05, 0) is 48.9 Å². The Morgan fingerprint density at radius 1 is 1.19 bits per heavy atom. The Balaban J connectivity index is 1.31. The van der Waals surface area contributed by atoms with Gasteiger partial charge < -0.3 is 15.0 Å². The van der Waals surface area contributed by atoms with Crippen LogP contribution in [-0.4, -0.2) is 51.5 Å². The molecule has 2 fully saturated rings. The van der Waals surface area contributed by atoms with Crippen LogP contribution >= 0.6 is 11.6 Å². The van der Waals surface area contributed by atoms with Crippen LogP contribution in [0.5, 0.6) is 5.75 Å². The number of hydrogen-bond donors (Lipinski definition) is 1. The highest BCUT2D eigenvalue weighted by molar-refractivity contribution is 6.29. The van der Waals surface area contributed by atoms with Crippen LogP contribution in [0.3, 0.4) is 0 Å². The summed E-state index contributed by atoms with van der Waals surface area (Å²) in [5, 5.41) is 8.30. The molecule has 0 amide bonds. The standard InChI is InChI=1S/C20H20ClF3N6O/c21-16-8-14(5-6-25-16)29-9-12-3-4-13(10-29)17(12)26-19-27-18-15(31-11-20(22,23)24)2-1-7-30(18)28-19/h1-2,5-8,12-13,17H,3-4,9-11H2,(H,26,28)/t12-,13+,17-. The van der Waals surface area contributed by atoms with E-state index in [-0.39, 0.29) is 17.4 Å². The third-order valence-corrected chi connectivity index (χ3v) is 6.13. The van der Waals surface area contributed by atoms with Gasteiger partial charge >= 0.3 is 6.18 Å². The molecular formula is C20H20ClF3N6O. The van der Waals surface area contributed by atoms with Crippen molar-refractivity contribution >= 4 is 28.9 Å². The van der Waals surface area contributed by atoms with Gasteiger partial charge in [0, 0.05) is 37.2 Å². The number of hydrogen-bond acceptors (Lipinski definition) is 6. The molecule has 0 spiro atoms. The molecule has 1 aliphatic carbocycles. The molecule has 5 rings (SSSR count). The molecule has 1 saturated carbocycles. The first-order valence-electron chi connectivity index (χ1n) is 10.0. The van der Waals surface area contributed by atoms with Gasteiger partial charge in [-0.15, -0.1) is 5.10 Å². The zero-order chi connectivity index (χ0) is 21.6. The lowest BCUT2D eigenvalue weighted by atomic mass is 9.92. The summed E-state index contributed by atoms with van der Waals surface area (Å²) in [5.41, 5.74) is 1.32. The number of pyridine rings is 2. The Bertz CT molecular complexity index is 1080. The maximum atomic E-state index is 12.5. The van der Waals surface area contributed by atoms with Crippen LogP contribution in [-0.2, 0) is 0 Å². The second kappa shape index (κ2) is 7.74. The molecule has 4 heterocycles. The van der Waals surface area contributed by atoms with E-state index >= 15 is 0 Å². The van der Waals surface area contributed by atoms with Gasteiger partial charge in [0.1, 0.15) is 5.15 Å². The molecule has 3 atom stereocenters. The largest absolute Gasteiger partial charge is 0.480 e. The summed E-state index contributed by atoms with van der Waals surface area (Å²) in [7, 11) is 0. The zero-order valence-corrected chi connectivity index (χ0v) is 17.1. The number of piperidine rings is 1. The first-order valence-corrected chi connectivity index (χ1v) is 10.4. The van der Waals surface area contributed by atoms with Crippen molar-refractivity contribution in [3.63, 3.8) is 0 Å². The van der Waals surface area contributed by atoms with Crippen molar-refractivity contribution in [2.24, 2.45) is 11.8 Å². The van der Waals surface area contributed by atoms with Crippen LogP contribution in [0.1, 0.15) is 12.8 Å². The van der Waals surface area contributed by atoms with E-state index in [0.29, 0.717) is 22.9 Å². The second-order valence-electron chi connectivity index (χ2n) is 7.99. The van der Waals surface area contributed by atoms with Crippen molar-refractivity contribution in [3.8, 4) is 5.75 Å². The predicted molar refractivity (Wildman–Crippen MR) is 110 cm³/mol. The Morgan fingerprint density at radius 3 is 2.68 bits per heavy atom. The van der Waals surface area contributed by atoms with Crippen molar-refractivity contribution in [2.45, 2.75) is 25.1 Å². The number of anilines is 2. The van der Waals surface area contributed by atoms with Gasteiger partial charge in [0.15, 0.2) is 18.0 Å². The molecule has 7 nitrogen and oxygen atoms in total. The highest BCUT2D eigenvalue weighted by atomic mass is 35.5. The number of fused-ring (bicyclic) bond motifs is 3. The summed E-state index contributed by atoms with van der Waals surface area (Å²) < 4.78 is 43.9. The van der Waals surface area contributed by atoms with Gasteiger partial charge in [0.25, 0.3) is 0 Å². The van der Waals surface area contributed by atoms with Gasteiger partial charge in [-0.2, -0.15) is 18.2 Å². The fraction of sp³-hybridized carbons (Fsp3) is 0.450. The Kier molecular flexibility index (Phi) is 5.04. The molecule has 2 bridgehead atoms. The SMILES string of the molecule is FC(F)(F)COc1cccn2nc(N[C@@H]3[C@@H]4CC[C@H]3CN(c3ccnc(Cl)c3)C4)nc12. The summed E-state index contributed by atoms with van der Waals surface area (Å²) in [4.78, 5) is 10.8. The molecule has 3 aromatic rings. The number of alkyl halides is 3. The van der Waals surface area contributed by atoms with Crippen molar-refractivity contribution in [3.05, 3.63) is 41.8 Å². The monoisotopic (exact) mass is 452 g/mol. The molecule has 1 saturated heterocycles. The van der Waals surface area contributed by atoms with Gasteiger partial charge in [0.05, 0.1) is 0 Å². The van der Waals surface area contributed by atoms with Crippen LogP contribution < -0.4 is 15.0 Å². The maximum absolute atomic E-state index is 12.5. The lowest BCUT2D eigenvalue weighted by molar-refractivity contribution is -0.153. The van der Waals surface area contributed by atoms with E-state index in [1.54, 1.807) is 18.5 Å². The van der Waals surface area contributed by atoms with E-state index in [0.717, 1.165) is 31.6 Å². The molecule has 1 aliphatic heterocycles. The summed E-state index contributed by atoms with van der Waals surface area (Å²) in [6.07, 6.45) is 1.11. The third kappa shape index (κ3) is 4.21. The second-order valence-corrected chi connectivity index (χ2v) is 8.38. The quantitative estimate of drug-likeness (QED) is 0.589. The first kappa shape index (κ1) is 20.2. The van der Waals surface area contributed by atoms with Crippen LogP contribution in [0, 0.1) is 11.8 Å². The van der Waals surface area contributed by atoms with Crippen molar-refractivity contribution in [1.82, 2.24) is 19.6 Å². The lowest BCUT2D eigenvalue weighted by Crippen LogP contribution is -2.48. The Hall–Kier alpha value is -2.75. The van der Waals surface area contributed by atoms with Gasteiger partial charge in [-0.1, -0.05) is 11.6 Å². The van der Waals surface area contributed by atoms with Crippen LogP contribution in [0.2, 0.25) is 5.15 Å². The lowest BCUT2D eigenvalue weighted by Gasteiger charge is -2.39. The fourth-order valence-corrected chi connectivity index (χ4v) is 4.79. The van der Waals surface area contributed by atoms with Gasteiger partial charge in [0.2, 0.25) is 5.95 Å². The molecular weight excluding hydrogens is 433 g/mol. The highest BCUT2D eigenvalue weighted by Crippen LogP contribution is 2.40. The van der Waals surface area contributed by atoms with Gasteiger partial charge in [-0.25, -0.2) is 9.50 Å². The molecule has 2 aliphatic rings. The van der Waals surface area contributed by atoms with E-state index in [9.17, 15) is 13.2 Å². The number of aromatic nitrogens is 4. The summed E-state index contributed by atoms with van der Waals surface area (Å²) >= 11 is 6.05. The number of nitrogens with one attached hydrogen (secondary N) is 1. The minimum Gasteiger partial charge on any atom is -0.480 e. The molecule has 0 aromatic carbocycles. The van der Waals surface area contributed by atoms with E-state index in [4.69, 9.17) is 16.3 Å². The first-order chi connectivity index (χ1) is 14.9. The van der Waals surface area contributed by atoms with Crippen molar-refractivity contribution < 1.29 is 17.9 Å². The minimum absolute atomic E-state index is 0.0488. The smallest absolute Gasteiger partial charge is 0.422 e. The summed E-state index contributed by atoms with van der Waals surface area (Å²) in [6, 6.07) is 7.08. The number of halogens is 4. The molecule has 3 aromatic heterocycles. The number of nitrogens with zero attached hydrogens (tertiary/aromatic N) is 5.